The van der Waals surface area contributed by atoms with Gasteiger partial charge in [0.25, 0.3) is 5.91 Å². The Morgan fingerprint density at radius 3 is 2.64 bits per heavy atom. The van der Waals surface area contributed by atoms with Crippen LogP contribution in [-0.2, 0) is 4.74 Å². The number of carbonyl (C=O) groups excluding carboxylic acids is 1. The molecule has 0 radical (unpaired) electrons. The van der Waals surface area contributed by atoms with Crippen LogP contribution in [0.5, 0.6) is 0 Å². The zero-order valence-electron chi connectivity index (χ0n) is 16.5. The molecule has 2 aliphatic heterocycles. The van der Waals surface area contributed by atoms with E-state index in [9.17, 15) is 9.90 Å². The van der Waals surface area contributed by atoms with E-state index in [2.05, 4.69) is 19.0 Å². The van der Waals surface area contributed by atoms with Crippen LogP contribution in [0.1, 0.15) is 50.1 Å². The average molecular weight is 384 g/mol. The van der Waals surface area contributed by atoms with Crippen LogP contribution in [0.15, 0.2) is 40.9 Å². The van der Waals surface area contributed by atoms with Crippen molar-refractivity contribution in [3.63, 3.8) is 0 Å². The van der Waals surface area contributed by atoms with Crippen LogP contribution in [0.25, 0.3) is 11.3 Å². The lowest BCUT2D eigenvalue weighted by Crippen LogP contribution is -2.54. The van der Waals surface area contributed by atoms with Crippen LogP contribution in [0.4, 0.5) is 0 Å². The third-order valence-corrected chi connectivity index (χ3v) is 6.01. The summed E-state index contributed by atoms with van der Waals surface area (Å²) < 4.78 is 11.7. The Balaban J connectivity index is 1.41. The molecular formula is C22H28N2O4. The Kier molecular flexibility index (Phi) is 5.25. The van der Waals surface area contributed by atoms with E-state index in [1.807, 2.05) is 30.3 Å². The smallest absolute Gasteiger partial charge is 0.292 e. The lowest BCUT2D eigenvalue weighted by atomic mass is 9.80. The highest BCUT2D eigenvalue weighted by Gasteiger charge is 2.44. The van der Waals surface area contributed by atoms with E-state index in [0.717, 1.165) is 18.4 Å². The Bertz CT molecular complexity index is 809. The molecule has 2 saturated heterocycles. The summed E-state index contributed by atoms with van der Waals surface area (Å²) in [6.45, 7) is 5.45. The standard InChI is InChI=1S/C22H28N2O4/c1-15(2)19-12-17(25)14-22(27-19)8-10-24(11-9-22)21(26)20-13-18(23-28-20)16-6-4-3-5-7-16/h3-7,13,15,17,19,25H,8-12,14H2,1-2H3/t17-,19-/m1/s1. The molecule has 1 amide bonds. The number of likely N-dealkylation sites (tertiary alicyclic amines) is 1. The van der Waals surface area contributed by atoms with Crippen LogP contribution in [-0.4, -0.2) is 52.0 Å². The molecule has 2 aromatic rings. The lowest BCUT2D eigenvalue weighted by molar-refractivity contribution is -0.190. The number of aliphatic hydroxyl groups excluding tert-OH is 1. The topological polar surface area (TPSA) is 75.8 Å². The number of nitrogens with zero attached hydrogens (tertiary/aromatic N) is 2. The van der Waals surface area contributed by atoms with Crippen molar-refractivity contribution in [1.82, 2.24) is 10.1 Å². The van der Waals surface area contributed by atoms with Crippen LogP contribution < -0.4 is 0 Å². The third kappa shape index (κ3) is 3.84. The fourth-order valence-corrected chi connectivity index (χ4v) is 4.32. The molecule has 6 nitrogen and oxygen atoms in total. The number of ether oxygens (including phenoxy) is 1. The van der Waals surface area contributed by atoms with Crippen molar-refractivity contribution >= 4 is 5.91 Å². The van der Waals surface area contributed by atoms with Crippen molar-refractivity contribution in [1.29, 1.82) is 0 Å². The van der Waals surface area contributed by atoms with Gasteiger partial charge >= 0.3 is 0 Å². The SMILES string of the molecule is CC(C)[C@H]1C[C@@H](O)CC2(CCN(C(=O)c3cc(-c4ccccc4)no3)CC2)O1. The minimum Gasteiger partial charge on any atom is -0.393 e. The van der Waals surface area contributed by atoms with Crippen molar-refractivity contribution < 1.29 is 19.2 Å². The second kappa shape index (κ2) is 7.68. The summed E-state index contributed by atoms with van der Waals surface area (Å²) in [5, 5.41) is 14.4. The second-order valence-electron chi connectivity index (χ2n) is 8.41. The first-order valence-corrected chi connectivity index (χ1v) is 10.1. The van der Waals surface area contributed by atoms with Crippen LogP contribution in [0.3, 0.4) is 0 Å². The van der Waals surface area contributed by atoms with E-state index in [1.165, 1.54) is 0 Å². The molecule has 1 aromatic heterocycles. The van der Waals surface area contributed by atoms with E-state index < -0.39 is 0 Å². The number of aliphatic hydroxyl groups is 1. The highest BCUT2D eigenvalue weighted by molar-refractivity contribution is 5.92. The Morgan fingerprint density at radius 1 is 1.25 bits per heavy atom. The Hall–Kier alpha value is -2.18. The summed E-state index contributed by atoms with van der Waals surface area (Å²) in [7, 11) is 0. The first-order valence-electron chi connectivity index (χ1n) is 10.1. The maximum atomic E-state index is 12.9. The van der Waals surface area contributed by atoms with Crippen molar-refractivity contribution in [3.8, 4) is 11.3 Å². The predicted molar refractivity (Wildman–Crippen MR) is 105 cm³/mol. The molecule has 1 spiro atoms. The predicted octanol–water partition coefficient (Wildman–Crippen LogP) is 3.51. The lowest BCUT2D eigenvalue weighted by Gasteiger charge is -2.48. The molecule has 150 valence electrons. The number of aromatic nitrogens is 1. The number of hydrogen-bond donors (Lipinski definition) is 1. The van der Waals surface area contributed by atoms with Gasteiger partial charge in [-0.2, -0.15) is 0 Å². The van der Waals surface area contributed by atoms with E-state index in [4.69, 9.17) is 9.26 Å². The minimum absolute atomic E-state index is 0.0775. The summed E-state index contributed by atoms with van der Waals surface area (Å²) in [6, 6.07) is 11.4. The van der Waals surface area contributed by atoms with E-state index in [-0.39, 0.29) is 29.5 Å². The first kappa shape index (κ1) is 19.2. The maximum absolute atomic E-state index is 12.9. The average Bonchev–Trinajstić information content (AvgIpc) is 3.18. The molecule has 4 rings (SSSR count). The number of rotatable bonds is 3. The summed E-state index contributed by atoms with van der Waals surface area (Å²) in [5.41, 5.74) is 1.27. The molecule has 28 heavy (non-hydrogen) atoms. The number of amides is 1. The minimum atomic E-state index is -0.328. The molecule has 0 unspecified atom stereocenters. The molecule has 2 fully saturated rings. The van der Waals surface area contributed by atoms with Gasteiger partial charge in [0.2, 0.25) is 5.76 Å². The zero-order valence-corrected chi connectivity index (χ0v) is 16.5. The number of carbonyl (C=O) groups is 1. The number of piperidine rings is 1. The summed E-state index contributed by atoms with van der Waals surface area (Å²) in [6.07, 6.45) is 2.57. The normalized spacial score (nSPS) is 24.6. The zero-order chi connectivity index (χ0) is 19.7. The van der Waals surface area contributed by atoms with Gasteiger partial charge in [-0.25, -0.2) is 0 Å². The van der Waals surface area contributed by atoms with Gasteiger partial charge < -0.3 is 19.3 Å². The fraction of sp³-hybridized carbons (Fsp3) is 0.545. The summed E-state index contributed by atoms with van der Waals surface area (Å²) in [5.74, 6) is 0.498. The Morgan fingerprint density at radius 2 is 1.96 bits per heavy atom. The van der Waals surface area contributed by atoms with Gasteiger partial charge in [0.15, 0.2) is 0 Å². The Labute approximate surface area is 165 Å². The van der Waals surface area contributed by atoms with Crippen molar-refractivity contribution in [2.45, 2.75) is 57.3 Å². The fourth-order valence-electron chi connectivity index (χ4n) is 4.32. The van der Waals surface area contributed by atoms with Crippen molar-refractivity contribution in [3.05, 3.63) is 42.2 Å². The van der Waals surface area contributed by atoms with E-state index in [1.54, 1.807) is 11.0 Å². The van der Waals surface area contributed by atoms with E-state index >= 15 is 0 Å². The monoisotopic (exact) mass is 384 g/mol. The van der Waals surface area contributed by atoms with Gasteiger partial charge in [-0.15, -0.1) is 0 Å². The molecule has 2 atom stereocenters. The van der Waals surface area contributed by atoms with Gasteiger partial charge in [-0.05, 0) is 25.2 Å². The van der Waals surface area contributed by atoms with Gasteiger partial charge in [0, 0.05) is 31.1 Å². The van der Waals surface area contributed by atoms with Crippen LogP contribution in [0.2, 0.25) is 0 Å². The molecule has 2 aliphatic rings. The van der Waals surface area contributed by atoms with Gasteiger partial charge in [0.05, 0.1) is 17.8 Å². The molecule has 0 aliphatic carbocycles. The molecule has 0 bridgehead atoms. The van der Waals surface area contributed by atoms with Gasteiger partial charge in [-0.3, -0.25) is 4.79 Å². The quantitative estimate of drug-likeness (QED) is 0.876. The summed E-state index contributed by atoms with van der Waals surface area (Å²) >= 11 is 0. The third-order valence-electron chi connectivity index (χ3n) is 6.01. The van der Waals surface area contributed by atoms with Gasteiger partial charge in [0.1, 0.15) is 5.69 Å². The van der Waals surface area contributed by atoms with Crippen molar-refractivity contribution in [2.75, 3.05) is 13.1 Å². The van der Waals surface area contributed by atoms with Crippen LogP contribution >= 0.6 is 0 Å². The number of hydrogen-bond acceptors (Lipinski definition) is 5. The first-order chi connectivity index (χ1) is 13.5. The maximum Gasteiger partial charge on any atom is 0.292 e. The number of benzene rings is 1. The molecule has 0 saturated carbocycles. The second-order valence-corrected chi connectivity index (χ2v) is 8.41. The highest BCUT2D eigenvalue weighted by atomic mass is 16.5. The molecule has 1 N–H and O–H groups in total. The van der Waals surface area contributed by atoms with Crippen molar-refractivity contribution in [2.24, 2.45) is 5.92 Å². The molecule has 1 aromatic carbocycles. The molecular weight excluding hydrogens is 356 g/mol. The highest BCUT2D eigenvalue weighted by Crippen LogP contribution is 2.39. The molecule has 6 heteroatoms. The van der Waals surface area contributed by atoms with E-state index in [0.29, 0.717) is 37.5 Å². The molecule has 3 heterocycles. The van der Waals surface area contributed by atoms with Gasteiger partial charge in [-0.1, -0.05) is 49.3 Å². The largest absolute Gasteiger partial charge is 0.393 e. The summed E-state index contributed by atoms with van der Waals surface area (Å²) in [4.78, 5) is 14.7. The van der Waals surface area contributed by atoms with Crippen LogP contribution in [0, 0.1) is 5.92 Å².